The second-order valence-electron chi connectivity index (χ2n) is 7.62. The minimum absolute atomic E-state index is 0.0875. The molecule has 0 aromatic heterocycles. The summed E-state index contributed by atoms with van der Waals surface area (Å²) < 4.78 is 5.10. The molecule has 8 nitrogen and oxygen atoms in total. The summed E-state index contributed by atoms with van der Waals surface area (Å²) in [6.45, 7) is 5.79. The normalized spacial score (nSPS) is 10.8. The minimum atomic E-state index is -0.584. The summed E-state index contributed by atoms with van der Waals surface area (Å²) in [5, 5.41) is 17.7. The summed E-state index contributed by atoms with van der Waals surface area (Å²) in [5.41, 5.74) is 1.03. The van der Waals surface area contributed by atoms with Crippen molar-refractivity contribution in [3.63, 3.8) is 0 Å². The lowest BCUT2D eigenvalue weighted by atomic mass is 10.1. The molecule has 2 aromatic rings. The van der Waals surface area contributed by atoms with Crippen molar-refractivity contribution < 1.29 is 24.2 Å². The standard InChI is InChI=1S/C22H27N3O5/c1-22(2,3)30-21(29)23-13-12-19(27)24-14-15-8-10-16(11-9-15)25-20(28)17-6-4-5-7-18(17)26/h4-11,26H,12-14H2,1-3H3,(H,23,29)(H,24,27)(H,25,28). The molecule has 0 spiro atoms. The number of hydrogen-bond donors (Lipinski definition) is 4. The van der Waals surface area contributed by atoms with Crippen LogP contribution in [0.3, 0.4) is 0 Å². The van der Waals surface area contributed by atoms with Crippen LogP contribution >= 0.6 is 0 Å². The predicted molar refractivity (Wildman–Crippen MR) is 113 cm³/mol. The number of carbonyl (C=O) groups is 3. The molecular formula is C22H27N3O5. The Bertz CT molecular complexity index is 888. The van der Waals surface area contributed by atoms with Gasteiger partial charge < -0.3 is 25.8 Å². The largest absolute Gasteiger partial charge is 0.507 e. The van der Waals surface area contributed by atoms with Gasteiger partial charge in [-0.2, -0.15) is 0 Å². The lowest BCUT2D eigenvalue weighted by Gasteiger charge is -2.19. The predicted octanol–water partition coefficient (Wildman–Crippen LogP) is 3.18. The molecule has 0 saturated carbocycles. The van der Waals surface area contributed by atoms with E-state index >= 15 is 0 Å². The summed E-state index contributed by atoms with van der Waals surface area (Å²) in [5.74, 6) is -0.704. The molecule has 3 amide bonds. The van der Waals surface area contributed by atoms with E-state index in [1.54, 1.807) is 57.2 Å². The number of nitrogens with one attached hydrogen (secondary N) is 3. The number of ether oxygens (including phenoxy) is 1. The molecule has 2 aromatic carbocycles. The Morgan fingerprint density at radius 1 is 0.967 bits per heavy atom. The average molecular weight is 413 g/mol. The third kappa shape index (κ3) is 7.83. The molecule has 0 saturated heterocycles. The number of phenols is 1. The Hall–Kier alpha value is -3.55. The molecule has 160 valence electrons. The van der Waals surface area contributed by atoms with E-state index in [0.717, 1.165) is 5.56 Å². The van der Waals surface area contributed by atoms with E-state index in [4.69, 9.17) is 4.74 Å². The number of rotatable bonds is 7. The maximum absolute atomic E-state index is 12.2. The van der Waals surface area contributed by atoms with Crippen LogP contribution in [-0.4, -0.2) is 35.2 Å². The van der Waals surface area contributed by atoms with Gasteiger partial charge in [-0.1, -0.05) is 24.3 Å². The van der Waals surface area contributed by atoms with Gasteiger partial charge in [-0.3, -0.25) is 9.59 Å². The second kappa shape index (κ2) is 10.3. The summed E-state index contributed by atoms with van der Waals surface area (Å²) in [6.07, 6.45) is -0.426. The number of carbonyl (C=O) groups excluding carboxylic acids is 3. The lowest BCUT2D eigenvalue weighted by molar-refractivity contribution is -0.121. The molecular weight excluding hydrogens is 386 g/mol. The molecule has 0 fully saturated rings. The molecule has 4 N–H and O–H groups in total. The van der Waals surface area contributed by atoms with Crippen LogP contribution in [0.4, 0.5) is 10.5 Å². The van der Waals surface area contributed by atoms with Crippen LogP contribution in [0, 0.1) is 0 Å². The molecule has 0 unspecified atom stereocenters. The third-order valence-corrected chi connectivity index (χ3v) is 3.87. The van der Waals surface area contributed by atoms with Gasteiger partial charge in [0.25, 0.3) is 5.91 Å². The Labute approximate surface area is 175 Å². The van der Waals surface area contributed by atoms with Crippen LogP contribution in [0.2, 0.25) is 0 Å². The number of anilines is 1. The Balaban J connectivity index is 1.74. The highest BCUT2D eigenvalue weighted by Gasteiger charge is 2.16. The van der Waals surface area contributed by atoms with Gasteiger partial charge in [0.2, 0.25) is 5.91 Å². The quantitative estimate of drug-likeness (QED) is 0.556. The van der Waals surface area contributed by atoms with E-state index in [1.165, 1.54) is 12.1 Å². The zero-order valence-electron chi connectivity index (χ0n) is 17.3. The topological polar surface area (TPSA) is 117 Å². The summed E-state index contributed by atoms with van der Waals surface area (Å²) in [7, 11) is 0. The van der Waals surface area contributed by atoms with Crippen molar-refractivity contribution in [1.82, 2.24) is 10.6 Å². The van der Waals surface area contributed by atoms with E-state index in [0.29, 0.717) is 12.2 Å². The Morgan fingerprint density at radius 3 is 2.27 bits per heavy atom. The number of aromatic hydroxyl groups is 1. The van der Waals surface area contributed by atoms with Crippen LogP contribution in [0.1, 0.15) is 43.1 Å². The first-order chi connectivity index (χ1) is 14.1. The zero-order valence-corrected chi connectivity index (χ0v) is 17.3. The smallest absolute Gasteiger partial charge is 0.407 e. The van der Waals surface area contributed by atoms with Crippen LogP contribution in [0.5, 0.6) is 5.75 Å². The molecule has 30 heavy (non-hydrogen) atoms. The van der Waals surface area contributed by atoms with Gasteiger partial charge in [0.1, 0.15) is 11.4 Å². The van der Waals surface area contributed by atoms with Crippen molar-refractivity contribution in [1.29, 1.82) is 0 Å². The first-order valence-electron chi connectivity index (χ1n) is 9.56. The van der Waals surface area contributed by atoms with Crippen molar-refractivity contribution in [2.24, 2.45) is 0 Å². The monoisotopic (exact) mass is 413 g/mol. The van der Waals surface area contributed by atoms with Crippen LogP contribution < -0.4 is 16.0 Å². The number of phenolic OH excluding ortho intramolecular Hbond substituents is 1. The second-order valence-corrected chi connectivity index (χ2v) is 7.62. The van der Waals surface area contributed by atoms with Gasteiger partial charge in [-0.15, -0.1) is 0 Å². The van der Waals surface area contributed by atoms with Crippen molar-refractivity contribution >= 4 is 23.6 Å². The average Bonchev–Trinajstić information content (AvgIpc) is 2.66. The fourth-order valence-electron chi connectivity index (χ4n) is 2.45. The summed E-state index contributed by atoms with van der Waals surface area (Å²) in [4.78, 5) is 35.6. The molecule has 0 heterocycles. The summed E-state index contributed by atoms with van der Waals surface area (Å²) >= 11 is 0. The highest BCUT2D eigenvalue weighted by molar-refractivity contribution is 6.06. The summed E-state index contributed by atoms with van der Waals surface area (Å²) in [6, 6.07) is 13.3. The highest BCUT2D eigenvalue weighted by atomic mass is 16.6. The SMILES string of the molecule is CC(C)(C)OC(=O)NCCC(=O)NCc1ccc(NC(=O)c2ccccc2O)cc1. The van der Waals surface area contributed by atoms with Gasteiger partial charge in [0.05, 0.1) is 5.56 Å². The van der Waals surface area contributed by atoms with Crippen LogP contribution in [0.25, 0.3) is 0 Å². The fourth-order valence-corrected chi connectivity index (χ4v) is 2.45. The first-order valence-corrected chi connectivity index (χ1v) is 9.56. The lowest BCUT2D eigenvalue weighted by Crippen LogP contribution is -2.35. The van der Waals surface area contributed by atoms with Gasteiger partial charge in [0.15, 0.2) is 0 Å². The van der Waals surface area contributed by atoms with Gasteiger partial charge in [-0.25, -0.2) is 4.79 Å². The number of benzene rings is 2. The molecule has 2 rings (SSSR count). The van der Waals surface area contributed by atoms with Crippen LogP contribution in [-0.2, 0) is 16.1 Å². The van der Waals surface area contributed by atoms with Gasteiger partial charge in [0, 0.05) is 25.2 Å². The Morgan fingerprint density at radius 2 is 1.63 bits per heavy atom. The van der Waals surface area contributed by atoms with Gasteiger partial charge >= 0.3 is 6.09 Å². The Kier molecular flexibility index (Phi) is 7.80. The minimum Gasteiger partial charge on any atom is -0.507 e. The van der Waals surface area contributed by atoms with E-state index in [2.05, 4.69) is 16.0 Å². The molecule has 8 heteroatoms. The van der Waals surface area contributed by atoms with Crippen molar-refractivity contribution in [3.8, 4) is 5.75 Å². The molecule has 0 aliphatic rings. The van der Waals surface area contributed by atoms with E-state index in [9.17, 15) is 19.5 Å². The van der Waals surface area contributed by atoms with Crippen molar-refractivity contribution in [2.45, 2.75) is 39.3 Å². The first kappa shape index (κ1) is 22.7. The molecule has 0 aliphatic carbocycles. The molecule has 0 aliphatic heterocycles. The van der Waals surface area contributed by atoms with E-state index in [1.807, 2.05) is 0 Å². The van der Waals surface area contributed by atoms with Gasteiger partial charge in [-0.05, 0) is 50.6 Å². The molecule has 0 atom stereocenters. The van der Waals surface area contributed by atoms with Crippen molar-refractivity contribution in [2.75, 3.05) is 11.9 Å². The number of hydrogen-bond acceptors (Lipinski definition) is 5. The van der Waals surface area contributed by atoms with E-state index < -0.39 is 17.6 Å². The third-order valence-electron chi connectivity index (χ3n) is 3.87. The zero-order chi connectivity index (χ0) is 22.1. The van der Waals surface area contributed by atoms with Crippen molar-refractivity contribution in [3.05, 3.63) is 59.7 Å². The molecule has 0 radical (unpaired) electrons. The maximum Gasteiger partial charge on any atom is 0.407 e. The maximum atomic E-state index is 12.2. The van der Waals surface area contributed by atoms with E-state index in [-0.39, 0.29) is 30.2 Å². The number of para-hydroxylation sites is 1. The van der Waals surface area contributed by atoms with Crippen LogP contribution in [0.15, 0.2) is 48.5 Å². The molecule has 0 bridgehead atoms. The fraction of sp³-hybridized carbons (Fsp3) is 0.318. The number of amides is 3. The highest BCUT2D eigenvalue weighted by Crippen LogP contribution is 2.18. The number of alkyl carbamates (subject to hydrolysis) is 1.